The van der Waals surface area contributed by atoms with Crippen LogP contribution < -0.4 is 15.0 Å². The number of Topliss-reactive ketones (excluding diaryl/α,β-unsaturated/α-hetero) is 1. The Morgan fingerprint density at radius 3 is 2.21 bits per heavy atom. The van der Waals surface area contributed by atoms with Crippen molar-refractivity contribution in [2.24, 2.45) is 0 Å². The average Bonchev–Trinajstić information content (AvgIpc) is 3.10. The molecule has 34 heavy (non-hydrogen) atoms. The van der Waals surface area contributed by atoms with Crippen LogP contribution in [0.15, 0.2) is 48.5 Å². The molecule has 2 aromatic rings. The molecule has 1 heterocycles. The van der Waals surface area contributed by atoms with Crippen LogP contribution in [0, 0.1) is 0 Å². The van der Waals surface area contributed by atoms with Crippen LogP contribution in [0.3, 0.4) is 0 Å². The van der Waals surface area contributed by atoms with Gasteiger partial charge in [0.15, 0.2) is 12.4 Å². The minimum Gasteiger partial charge on any atom is -0.494 e. The molecule has 2 amide bonds. The number of rotatable bonds is 10. The summed E-state index contributed by atoms with van der Waals surface area (Å²) in [4.78, 5) is 51.1. The zero-order chi connectivity index (χ0) is 24.9. The van der Waals surface area contributed by atoms with Gasteiger partial charge in [0.05, 0.1) is 30.3 Å². The van der Waals surface area contributed by atoms with Crippen LogP contribution in [-0.2, 0) is 14.3 Å². The molecule has 0 spiro atoms. The van der Waals surface area contributed by atoms with Crippen molar-refractivity contribution >= 4 is 29.3 Å². The summed E-state index contributed by atoms with van der Waals surface area (Å²) >= 11 is 0. The standard InChI is InChI=1S/C26H30N2O6/c1-5-26(3,4)27-21-15-23(30)28(24(21)31)19-11-7-18(8-12-19)25(32)34-16-22(29)17-9-13-20(14-10-17)33-6-2/h7-14,21,27H,5-6,15-16H2,1-4H3. The molecular formula is C26H30N2O6. The third-order valence-corrected chi connectivity index (χ3v) is 5.78. The van der Waals surface area contributed by atoms with Gasteiger partial charge in [0, 0.05) is 11.1 Å². The first-order valence-corrected chi connectivity index (χ1v) is 11.3. The fourth-order valence-electron chi connectivity index (χ4n) is 3.54. The Morgan fingerprint density at radius 2 is 1.62 bits per heavy atom. The molecule has 1 saturated heterocycles. The van der Waals surface area contributed by atoms with Crippen molar-refractivity contribution in [3.8, 4) is 5.75 Å². The Kier molecular flexibility index (Phi) is 7.83. The second-order valence-electron chi connectivity index (χ2n) is 8.71. The smallest absolute Gasteiger partial charge is 0.338 e. The van der Waals surface area contributed by atoms with Crippen molar-refractivity contribution in [1.82, 2.24) is 5.32 Å². The molecule has 0 saturated carbocycles. The quantitative estimate of drug-likeness (QED) is 0.325. The van der Waals surface area contributed by atoms with E-state index in [9.17, 15) is 19.2 Å². The SMILES string of the molecule is CCOc1ccc(C(=O)COC(=O)c2ccc(N3C(=O)CC(NC(C)(C)CC)C3=O)cc2)cc1. The number of anilines is 1. The van der Waals surface area contributed by atoms with Crippen molar-refractivity contribution in [1.29, 1.82) is 0 Å². The summed E-state index contributed by atoms with van der Waals surface area (Å²) in [5, 5.41) is 3.24. The van der Waals surface area contributed by atoms with Crippen molar-refractivity contribution in [2.45, 2.75) is 52.1 Å². The van der Waals surface area contributed by atoms with E-state index in [0.717, 1.165) is 11.3 Å². The molecule has 0 aliphatic carbocycles. The Labute approximate surface area is 199 Å². The van der Waals surface area contributed by atoms with Crippen LogP contribution in [0.1, 0.15) is 61.3 Å². The molecule has 0 bridgehead atoms. The highest BCUT2D eigenvalue weighted by Crippen LogP contribution is 2.25. The summed E-state index contributed by atoms with van der Waals surface area (Å²) < 4.78 is 10.5. The normalized spacial score (nSPS) is 16.0. The van der Waals surface area contributed by atoms with Gasteiger partial charge in [-0.2, -0.15) is 0 Å². The van der Waals surface area contributed by atoms with Crippen molar-refractivity contribution < 1.29 is 28.7 Å². The lowest BCUT2D eigenvalue weighted by molar-refractivity contribution is -0.121. The number of nitrogens with zero attached hydrogens (tertiary/aromatic N) is 1. The number of amides is 2. The fourth-order valence-corrected chi connectivity index (χ4v) is 3.54. The van der Waals surface area contributed by atoms with Crippen LogP contribution in [-0.4, -0.2) is 48.4 Å². The summed E-state index contributed by atoms with van der Waals surface area (Å²) in [6.45, 7) is 7.96. The van der Waals surface area contributed by atoms with E-state index in [4.69, 9.17) is 9.47 Å². The van der Waals surface area contributed by atoms with E-state index in [2.05, 4.69) is 5.32 Å². The zero-order valence-electron chi connectivity index (χ0n) is 19.9. The summed E-state index contributed by atoms with van der Waals surface area (Å²) in [7, 11) is 0. The largest absolute Gasteiger partial charge is 0.494 e. The number of nitrogens with one attached hydrogen (secondary N) is 1. The predicted octanol–water partition coefficient (Wildman–Crippen LogP) is 3.54. The van der Waals surface area contributed by atoms with Crippen LogP contribution in [0.25, 0.3) is 0 Å². The topological polar surface area (TPSA) is 102 Å². The zero-order valence-corrected chi connectivity index (χ0v) is 19.9. The lowest BCUT2D eigenvalue weighted by Gasteiger charge is -2.27. The number of carbonyl (C=O) groups is 4. The van der Waals surface area contributed by atoms with Crippen LogP contribution in [0.2, 0.25) is 0 Å². The Morgan fingerprint density at radius 1 is 1.00 bits per heavy atom. The fraction of sp³-hybridized carbons (Fsp3) is 0.385. The average molecular weight is 467 g/mol. The monoisotopic (exact) mass is 466 g/mol. The Hall–Kier alpha value is -3.52. The number of esters is 1. The lowest BCUT2D eigenvalue weighted by atomic mass is 10.00. The first-order chi connectivity index (χ1) is 16.1. The first-order valence-electron chi connectivity index (χ1n) is 11.3. The lowest BCUT2D eigenvalue weighted by Crippen LogP contribution is -2.49. The van der Waals surface area contributed by atoms with Gasteiger partial charge in [-0.25, -0.2) is 9.69 Å². The van der Waals surface area contributed by atoms with E-state index in [1.165, 1.54) is 24.3 Å². The van der Waals surface area contributed by atoms with Crippen molar-refractivity contribution in [3.05, 3.63) is 59.7 Å². The molecule has 8 nitrogen and oxygen atoms in total. The molecule has 1 unspecified atom stereocenters. The van der Waals surface area contributed by atoms with Gasteiger partial charge in [-0.15, -0.1) is 0 Å². The highest BCUT2D eigenvalue weighted by Gasteiger charge is 2.41. The van der Waals surface area contributed by atoms with Gasteiger partial charge in [-0.1, -0.05) is 6.92 Å². The van der Waals surface area contributed by atoms with Crippen LogP contribution in [0.4, 0.5) is 5.69 Å². The van der Waals surface area contributed by atoms with Gasteiger partial charge in [0.1, 0.15) is 5.75 Å². The van der Waals surface area contributed by atoms with Gasteiger partial charge < -0.3 is 14.8 Å². The van der Waals surface area contributed by atoms with E-state index in [1.807, 2.05) is 27.7 Å². The molecule has 8 heteroatoms. The number of ether oxygens (including phenoxy) is 2. The molecule has 1 N–H and O–H groups in total. The van der Waals surface area contributed by atoms with Gasteiger partial charge in [0.2, 0.25) is 5.91 Å². The number of imide groups is 1. The maximum Gasteiger partial charge on any atom is 0.338 e. The minimum atomic E-state index is -0.672. The Balaban J connectivity index is 1.59. The summed E-state index contributed by atoms with van der Waals surface area (Å²) in [6.07, 6.45) is 0.891. The molecule has 0 aromatic heterocycles. The molecule has 2 aromatic carbocycles. The highest BCUT2D eigenvalue weighted by molar-refractivity contribution is 6.22. The number of ketones is 1. The molecule has 1 aliphatic rings. The first kappa shape index (κ1) is 25.1. The van der Waals surface area contributed by atoms with E-state index in [-0.39, 0.29) is 35.1 Å². The third-order valence-electron chi connectivity index (χ3n) is 5.78. The molecule has 180 valence electrons. The van der Waals surface area contributed by atoms with Crippen molar-refractivity contribution in [3.63, 3.8) is 0 Å². The number of hydrogen-bond acceptors (Lipinski definition) is 7. The molecule has 0 radical (unpaired) electrons. The minimum absolute atomic E-state index is 0.0831. The molecule has 1 atom stereocenters. The molecule has 1 fully saturated rings. The predicted molar refractivity (Wildman–Crippen MR) is 127 cm³/mol. The molecule has 3 rings (SSSR count). The number of hydrogen-bond donors (Lipinski definition) is 1. The van der Waals surface area contributed by atoms with E-state index < -0.39 is 18.6 Å². The van der Waals surface area contributed by atoms with Gasteiger partial charge in [-0.05, 0) is 75.7 Å². The summed E-state index contributed by atoms with van der Waals surface area (Å²) in [5.41, 5.74) is 0.735. The van der Waals surface area contributed by atoms with Gasteiger partial charge in [0.25, 0.3) is 5.91 Å². The van der Waals surface area contributed by atoms with E-state index >= 15 is 0 Å². The number of benzene rings is 2. The maximum absolute atomic E-state index is 12.8. The Bertz CT molecular complexity index is 1060. The van der Waals surface area contributed by atoms with Gasteiger partial charge >= 0.3 is 5.97 Å². The van der Waals surface area contributed by atoms with Gasteiger partial charge in [-0.3, -0.25) is 14.4 Å². The second kappa shape index (κ2) is 10.6. The molecular weight excluding hydrogens is 436 g/mol. The van der Waals surface area contributed by atoms with E-state index in [0.29, 0.717) is 23.6 Å². The van der Waals surface area contributed by atoms with Crippen LogP contribution in [0.5, 0.6) is 5.75 Å². The molecule has 1 aliphatic heterocycles. The summed E-state index contributed by atoms with van der Waals surface area (Å²) in [6, 6.07) is 12.0. The summed E-state index contributed by atoms with van der Waals surface area (Å²) in [5.74, 6) is -0.972. The highest BCUT2D eigenvalue weighted by atomic mass is 16.5. The van der Waals surface area contributed by atoms with Crippen molar-refractivity contribution in [2.75, 3.05) is 18.1 Å². The number of carbonyl (C=O) groups excluding carboxylic acids is 4. The maximum atomic E-state index is 12.8. The van der Waals surface area contributed by atoms with Crippen LogP contribution >= 0.6 is 0 Å². The third kappa shape index (κ3) is 5.88. The van der Waals surface area contributed by atoms with E-state index in [1.54, 1.807) is 24.3 Å². The second-order valence-corrected chi connectivity index (χ2v) is 8.71.